The molecule has 1 amide bonds. The van der Waals surface area contributed by atoms with Crippen molar-refractivity contribution in [2.24, 2.45) is 5.73 Å². The first-order valence-corrected chi connectivity index (χ1v) is 5.11. The molecule has 1 rings (SSSR count). The van der Waals surface area contributed by atoms with Gasteiger partial charge in [-0.15, -0.1) is 0 Å². The van der Waals surface area contributed by atoms with Crippen LogP contribution in [0.2, 0.25) is 0 Å². The van der Waals surface area contributed by atoms with Gasteiger partial charge in [0.2, 0.25) is 0 Å². The van der Waals surface area contributed by atoms with E-state index in [4.69, 9.17) is 10.5 Å². The van der Waals surface area contributed by atoms with E-state index in [2.05, 4.69) is 25.7 Å². The van der Waals surface area contributed by atoms with Gasteiger partial charge >= 0.3 is 6.09 Å². The van der Waals surface area contributed by atoms with Gasteiger partial charge in [0.05, 0.1) is 0 Å². The van der Waals surface area contributed by atoms with Gasteiger partial charge in [0, 0.05) is 12.1 Å². The van der Waals surface area contributed by atoms with E-state index in [1.807, 2.05) is 0 Å². The molecular formula is C10H20N2O2. The fourth-order valence-corrected chi connectivity index (χ4v) is 1.81. The van der Waals surface area contributed by atoms with Crippen LogP contribution in [0.4, 0.5) is 4.79 Å². The molecule has 0 aromatic rings. The molecule has 1 atom stereocenters. The first kappa shape index (κ1) is 11.3. The molecule has 0 aromatic carbocycles. The average molecular weight is 200 g/mol. The number of carbonyl (C=O) groups excluding carboxylic acids is 1. The number of primary amides is 1. The van der Waals surface area contributed by atoms with Crippen molar-refractivity contribution in [3.63, 3.8) is 0 Å². The van der Waals surface area contributed by atoms with Crippen LogP contribution in [0.25, 0.3) is 0 Å². The monoisotopic (exact) mass is 200 g/mol. The molecule has 0 aromatic heterocycles. The van der Waals surface area contributed by atoms with E-state index in [0.29, 0.717) is 0 Å². The van der Waals surface area contributed by atoms with E-state index >= 15 is 0 Å². The molecule has 0 saturated carbocycles. The molecule has 14 heavy (non-hydrogen) atoms. The Kier molecular flexibility index (Phi) is 3.37. The summed E-state index contributed by atoms with van der Waals surface area (Å²) in [5.74, 6) is 0. The third kappa shape index (κ3) is 3.18. The smallest absolute Gasteiger partial charge is 0.404 e. The maximum atomic E-state index is 10.6. The van der Waals surface area contributed by atoms with Gasteiger partial charge in [-0.05, 0) is 40.2 Å². The molecule has 0 unspecified atom stereocenters. The molecule has 82 valence electrons. The minimum atomic E-state index is -0.661. The Morgan fingerprint density at radius 3 is 2.64 bits per heavy atom. The zero-order valence-corrected chi connectivity index (χ0v) is 9.25. The molecule has 1 saturated heterocycles. The van der Waals surface area contributed by atoms with Gasteiger partial charge < -0.3 is 10.5 Å². The van der Waals surface area contributed by atoms with E-state index in [-0.39, 0.29) is 11.6 Å². The number of hydrogen-bond donors (Lipinski definition) is 1. The lowest BCUT2D eigenvalue weighted by atomic mass is 9.99. The molecule has 1 aliphatic heterocycles. The zero-order valence-electron chi connectivity index (χ0n) is 9.25. The SMILES string of the molecule is CC(C)(C)N1CCC[C@@H](OC(N)=O)C1. The minimum Gasteiger partial charge on any atom is -0.445 e. The molecule has 0 aliphatic carbocycles. The van der Waals surface area contributed by atoms with Crippen LogP contribution in [0.1, 0.15) is 33.6 Å². The summed E-state index contributed by atoms with van der Waals surface area (Å²) < 4.78 is 5.01. The van der Waals surface area contributed by atoms with Crippen molar-refractivity contribution in [3.05, 3.63) is 0 Å². The highest BCUT2D eigenvalue weighted by molar-refractivity contribution is 5.64. The number of ether oxygens (including phenoxy) is 1. The van der Waals surface area contributed by atoms with E-state index in [1.165, 1.54) is 0 Å². The quantitative estimate of drug-likeness (QED) is 0.695. The van der Waals surface area contributed by atoms with E-state index in [0.717, 1.165) is 25.9 Å². The van der Waals surface area contributed by atoms with E-state index in [1.54, 1.807) is 0 Å². The van der Waals surface area contributed by atoms with Crippen LogP contribution in [-0.4, -0.2) is 35.7 Å². The summed E-state index contributed by atoms with van der Waals surface area (Å²) in [5, 5.41) is 0. The lowest BCUT2D eigenvalue weighted by Gasteiger charge is -2.40. The molecule has 1 fully saturated rings. The van der Waals surface area contributed by atoms with E-state index in [9.17, 15) is 4.79 Å². The number of carbonyl (C=O) groups is 1. The minimum absolute atomic E-state index is 0.0273. The van der Waals surface area contributed by atoms with Crippen LogP contribution in [-0.2, 0) is 4.74 Å². The summed E-state index contributed by atoms with van der Waals surface area (Å²) >= 11 is 0. The van der Waals surface area contributed by atoms with Crippen molar-refractivity contribution in [3.8, 4) is 0 Å². The predicted molar refractivity (Wildman–Crippen MR) is 55.0 cm³/mol. The molecule has 1 aliphatic rings. The maximum absolute atomic E-state index is 10.6. The maximum Gasteiger partial charge on any atom is 0.404 e. The number of hydrogen-bond acceptors (Lipinski definition) is 3. The Morgan fingerprint density at radius 1 is 1.50 bits per heavy atom. The van der Waals surface area contributed by atoms with Crippen molar-refractivity contribution in [2.45, 2.75) is 45.3 Å². The number of likely N-dealkylation sites (tertiary alicyclic amines) is 1. The Hall–Kier alpha value is -0.770. The number of nitrogens with two attached hydrogens (primary N) is 1. The Labute approximate surface area is 85.4 Å². The summed E-state index contributed by atoms with van der Waals surface area (Å²) in [4.78, 5) is 12.9. The summed E-state index contributed by atoms with van der Waals surface area (Å²) in [6.07, 6.45) is 1.30. The van der Waals surface area contributed by atoms with Gasteiger partial charge in [-0.2, -0.15) is 0 Å². The average Bonchev–Trinajstić information content (AvgIpc) is 2.01. The van der Waals surface area contributed by atoms with Crippen molar-refractivity contribution < 1.29 is 9.53 Å². The predicted octanol–water partition coefficient (Wildman–Crippen LogP) is 1.34. The zero-order chi connectivity index (χ0) is 10.8. The normalized spacial score (nSPS) is 24.6. The number of rotatable bonds is 1. The van der Waals surface area contributed by atoms with Crippen molar-refractivity contribution in [2.75, 3.05) is 13.1 Å². The third-order valence-electron chi connectivity index (χ3n) is 2.61. The second-order valence-electron chi connectivity index (χ2n) is 4.82. The van der Waals surface area contributed by atoms with E-state index < -0.39 is 6.09 Å². The van der Waals surface area contributed by atoms with Crippen LogP contribution in [0.5, 0.6) is 0 Å². The lowest BCUT2D eigenvalue weighted by Crippen LogP contribution is -2.50. The van der Waals surface area contributed by atoms with Crippen LogP contribution in [0.15, 0.2) is 0 Å². The fourth-order valence-electron chi connectivity index (χ4n) is 1.81. The Morgan fingerprint density at radius 2 is 2.14 bits per heavy atom. The Balaban J connectivity index is 2.48. The van der Waals surface area contributed by atoms with Crippen LogP contribution in [0.3, 0.4) is 0 Å². The standard InChI is InChI=1S/C10H20N2O2/c1-10(2,3)12-6-4-5-8(7-12)14-9(11)13/h8H,4-7H2,1-3H3,(H2,11,13)/t8-/m1/s1. The summed E-state index contributed by atoms with van der Waals surface area (Å²) in [6.45, 7) is 8.37. The lowest BCUT2D eigenvalue weighted by molar-refractivity contribution is 0.0114. The van der Waals surface area contributed by atoms with Crippen LogP contribution >= 0.6 is 0 Å². The molecule has 1 heterocycles. The first-order chi connectivity index (χ1) is 6.39. The van der Waals surface area contributed by atoms with Crippen LogP contribution < -0.4 is 5.73 Å². The first-order valence-electron chi connectivity index (χ1n) is 5.11. The van der Waals surface area contributed by atoms with Crippen molar-refractivity contribution in [1.82, 2.24) is 4.90 Å². The molecule has 4 heteroatoms. The molecule has 0 spiro atoms. The number of nitrogens with zero attached hydrogens (tertiary/aromatic N) is 1. The summed E-state index contributed by atoms with van der Waals surface area (Å²) in [5.41, 5.74) is 5.14. The van der Waals surface area contributed by atoms with Gasteiger partial charge in [0.15, 0.2) is 0 Å². The molecular weight excluding hydrogens is 180 g/mol. The highest BCUT2D eigenvalue weighted by Gasteiger charge is 2.29. The van der Waals surface area contributed by atoms with Crippen molar-refractivity contribution >= 4 is 6.09 Å². The second kappa shape index (κ2) is 4.17. The summed E-state index contributed by atoms with van der Waals surface area (Å²) in [7, 11) is 0. The third-order valence-corrected chi connectivity index (χ3v) is 2.61. The highest BCUT2D eigenvalue weighted by atomic mass is 16.6. The molecule has 0 bridgehead atoms. The number of piperidine rings is 1. The fraction of sp³-hybridized carbons (Fsp3) is 0.900. The summed E-state index contributed by atoms with van der Waals surface area (Å²) in [6, 6.07) is 0. The van der Waals surface area contributed by atoms with Gasteiger partial charge in [-0.1, -0.05) is 0 Å². The van der Waals surface area contributed by atoms with Gasteiger partial charge in [0.25, 0.3) is 0 Å². The number of amides is 1. The van der Waals surface area contributed by atoms with Gasteiger partial charge in [-0.3, -0.25) is 4.90 Å². The topological polar surface area (TPSA) is 55.6 Å². The largest absolute Gasteiger partial charge is 0.445 e. The second-order valence-corrected chi connectivity index (χ2v) is 4.82. The molecule has 0 radical (unpaired) electrons. The van der Waals surface area contributed by atoms with Crippen molar-refractivity contribution in [1.29, 1.82) is 0 Å². The molecule has 4 nitrogen and oxygen atoms in total. The van der Waals surface area contributed by atoms with Gasteiger partial charge in [-0.25, -0.2) is 4.79 Å². The Bertz CT molecular complexity index is 211. The molecule has 2 N–H and O–H groups in total. The van der Waals surface area contributed by atoms with Gasteiger partial charge in [0.1, 0.15) is 6.10 Å². The highest BCUT2D eigenvalue weighted by Crippen LogP contribution is 2.21. The van der Waals surface area contributed by atoms with Crippen LogP contribution in [0, 0.1) is 0 Å².